The Kier molecular flexibility index (Phi) is 6.41. The zero-order chi connectivity index (χ0) is 26.0. The monoisotopic (exact) mass is 496 g/mol. The first-order valence-corrected chi connectivity index (χ1v) is 10.3. The number of nitrogens with one attached hydrogen (secondary N) is 4. The zero-order valence-corrected chi connectivity index (χ0v) is 19.0. The molecule has 0 radical (unpaired) electrons. The van der Waals surface area contributed by atoms with Crippen LogP contribution in [0, 0.1) is 11.2 Å². The summed E-state index contributed by atoms with van der Waals surface area (Å²) in [5.74, 6) is -2.05. The van der Waals surface area contributed by atoms with Crippen molar-refractivity contribution in [2.24, 2.45) is 5.73 Å². The van der Waals surface area contributed by atoms with Crippen LogP contribution < -0.4 is 26.2 Å². The number of nitrogens with two attached hydrogens (primary N) is 1. The molecule has 14 heteroatoms. The van der Waals surface area contributed by atoms with E-state index >= 15 is 4.39 Å². The molecule has 186 valence electrons. The lowest BCUT2D eigenvalue weighted by Gasteiger charge is -2.20. The van der Waals surface area contributed by atoms with Gasteiger partial charge < -0.3 is 30.6 Å². The van der Waals surface area contributed by atoms with Gasteiger partial charge in [0.25, 0.3) is 0 Å². The quantitative estimate of drug-likeness (QED) is 0.147. The number of carboxylic acids is 1. The van der Waals surface area contributed by atoms with Gasteiger partial charge in [0.2, 0.25) is 0 Å². The van der Waals surface area contributed by atoms with Crippen LogP contribution in [0.1, 0.15) is 33.5 Å². The lowest BCUT2D eigenvalue weighted by molar-refractivity contribution is 0.0691. The number of nitrogen functional groups attached to an aromatic ring is 1. The van der Waals surface area contributed by atoms with Crippen molar-refractivity contribution in [2.75, 3.05) is 19.5 Å². The Balaban J connectivity index is 1.85. The van der Waals surface area contributed by atoms with E-state index in [4.69, 9.17) is 20.6 Å². The van der Waals surface area contributed by atoms with Gasteiger partial charge in [-0.2, -0.15) is 4.68 Å². The molecule has 1 unspecified atom stereocenters. The van der Waals surface area contributed by atoms with E-state index in [0.29, 0.717) is 11.3 Å². The van der Waals surface area contributed by atoms with E-state index < -0.39 is 23.5 Å². The Bertz CT molecular complexity index is 1490. The molecule has 0 aliphatic carbocycles. The Morgan fingerprint density at radius 1 is 1.22 bits per heavy atom. The fourth-order valence-corrected chi connectivity index (χ4v) is 3.52. The molecule has 0 aliphatic rings. The minimum atomic E-state index is -1.34. The SMILES string of the molecule is COc1cc(F)c(C(Nc2ccc(C(=N)N)cc2)c2nn(-c3nc[nH]c3C(=O)O)c(=O)[nH]2)cc1OC. The number of nitrogens with zero attached hydrogens (tertiary/aromatic N) is 3. The van der Waals surface area contributed by atoms with E-state index in [1.165, 1.54) is 20.3 Å². The number of aromatic carboxylic acids is 1. The number of H-pyrrole nitrogens is 2. The second-order valence-corrected chi connectivity index (χ2v) is 7.43. The summed E-state index contributed by atoms with van der Waals surface area (Å²) in [5.41, 5.74) is 5.38. The van der Waals surface area contributed by atoms with Gasteiger partial charge in [-0.1, -0.05) is 0 Å². The molecule has 0 aliphatic heterocycles. The van der Waals surface area contributed by atoms with Crippen LogP contribution in [0.25, 0.3) is 5.82 Å². The number of anilines is 1. The maximum absolute atomic E-state index is 15.3. The second kappa shape index (κ2) is 9.61. The third-order valence-corrected chi connectivity index (χ3v) is 5.26. The van der Waals surface area contributed by atoms with Crippen molar-refractivity contribution in [2.45, 2.75) is 6.04 Å². The molecule has 2 heterocycles. The number of hydrogen-bond donors (Lipinski definition) is 6. The number of carbonyl (C=O) groups is 1. The summed E-state index contributed by atoms with van der Waals surface area (Å²) in [6.07, 6.45) is 1.11. The van der Waals surface area contributed by atoms with Crippen LogP contribution in [-0.2, 0) is 0 Å². The fourth-order valence-electron chi connectivity index (χ4n) is 3.52. The average molecular weight is 496 g/mol. The molecule has 2 aromatic heterocycles. The maximum atomic E-state index is 15.3. The van der Waals surface area contributed by atoms with Crippen molar-refractivity contribution in [3.05, 3.63) is 81.7 Å². The Hall–Kier alpha value is -5.14. The van der Waals surface area contributed by atoms with Crippen molar-refractivity contribution < 1.29 is 23.8 Å². The van der Waals surface area contributed by atoms with E-state index in [2.05, 4.69) is 25.4 Å². The molecule has 0 spiro atoms. The summed E-state index contributed by atoms with van der Waals surface area (Å²) >= 11 is 0. The van der Waals surface area contributed by atoms with Crippen molar-refractivity contribution in [1.82, 2.24) is 24.7 Å². The second-order valence-electron chi connectivity index (χ2n) is 7.43. The number of halogens is 1. The molecule has 0 fully saturated rings. The van der Waals surface area contributed by atoms with Gasteiger partial charge in [-0.05, 0) is 30.3 Å². The summed E-state index contributed by atoms with van der Waals surface area (Å²) < 4.78 is 26.5. The third-order valence-electron chi connectivity index (χ3n) is 5.26. The predicted octanol–water partition coefficient (Wildman–Crippen LogP) is 1.62. The number of rotatable bonds is 9. The molecular weight excluding hydrogens is 475 g/mol. The molecule has 13 nitrogen and oxygen atoms in total. The van der Waals surface area contributed by atoms with E-state index in [-0.39, 0.29) is 40.2 Å². The molecule has 36 heavy (non-hydrogen) atoms. The van der Waals surface area contributed by atoms with Gasteiger partial charge in [-0.3, -0.25) is 10.4 Å². The molecule has 0 saturated carbocycles. The number of amidine groups is 1. The first-order valence-electron chi connectivity index (χ1n) is 10.3. The Labute approximate surface area is 202 Å². The van der Waals surface area contributed by atoms with Crippen LogP contribution in [-0.4, -0.2) is 55.9 Å². The molecule has 1 atom stereocenters. The van der Waals surface area contributed by atoms with Crippen molar-refractivity contribution in [1.29, 1.82) is 5.41 Å². The highest BCUT2D eigenvalue weighted by Gasteiger charge is 2.27. The highest BCUT2D eigenvalue weighted by atomic mass is 19.1. The summed E-state index contributed by atoms with van der Waals surface area (Å²) in [6.45, 7) is 0. The van der Waals surface area contributed by atoms with Crippen molar-refractivity contribution in [3.8, 4) is 17.3 Å². The number of aromatic nitrogens is 5. The van der Waals surface area contributed by atoms with Gasteiger partial charge in [0.1, 0.15) is 17.7 Å². The summed E-state index contributed by atoms with van der Waals surface area (Å²) in [7, 11) is 2.76. The molecule has 4 rings (SSSR count). The number of benzene rings is 2. The minimum absolute atomic E-state index is 0.0406. The number of imidazole rings is 1. The Morgan fingerprint density at radius 2 is 1.89 bits per heavy atom. The normalized spacial score (nSPS) is 11.6. The average Bonchev–Trinajstić information content (AvgIpc) is 3.49. The van der Waals surface area contributed by atoms with Gasteiger partial charge in [-0.25, -0.2) is 19.0 Å². The van der Waals surface area contributed by atoms with E-state index in [1.54, 1.807) is 24.3 Å². The van der Waals surface area contributed by atoms with Gasteiger partial charge >= 0.3 is 11.7 Å². The Morgan fingerprint density at radius 3 is 2.50 bits per heavy atom. The largest absolute Gasteiger partial charge is 0.493 e. The van der Waals surface area contributed by atoms with Crippen molar-refractivity contribution in [3.63, 3.8) is 0 Å². The maximum Gasteiger partial charge on any atom is 0.356 e. The zero-order valence-electron chi connectivity index (χ0n) is 19.0. The lowest BCUT2D eigenvalue weighted by atomic mass is 10.0. The summed E-state index contributed by atoms with van der Waals surface area (Å²) in [5, 5.41) is 24.2. The molecule has 7 N–H and O–H groups in total. The molecular formula is C22H21FN8O5. The smallest absolute Gasteiger partial charge is 0.356 e. The first kappa shape index (κ1) is 24.0. The summed E-state index contributed by atoms with van der Waals surface area (Å²) in [4.78, 5) is 33.1. The molecule has 4 aromatic rings. The molecule has 0 bridgehead atoms. The lowest BCUT2D eigenvalue weighted by Crippen LogP contribution is -2.19. The highest BCUT2D eigenvalue weighted by molar-refractivity contribution is 5.95. The van der Waals surface area contributed by atoms with Crippen LogP contribution in [0.2, 0.25) is 0 Å². The first-order chi connectivity index (χ1) is 17.2. The van der Waals surface area contributed by atoms with Crippen LogP contribution in [0.5, 0.6) is 11.5 Å². The third kappa shape index (κ3) is 4.46. The minimum Gasteiger partial charge on any atom is -0.493 e. The van der Waals surface area contributed by atoms with Gasteiger partial charge in [0.15, 0.2) is 28.8 Å². The molecule has 2 aromatic carbocycles. The van der Waals surface area contributed by atoms with Crippen LogP contribution in [0.4, 0.5) is 10.1 Å². The number of methoxy groups -OCH3 is 2. The fraction of sp³-hybridized carbons (Fsp3) is 0.136. The highest BCUT2D eigenvalue weighted by Crippen LogP contribution is 2.35. The van der Waals surface area contributed by atoms with Crippen LogP contribution in [0.3, 0.4) is 0 Å². The van der Waals surface area contributed by atoms with E-state index in [1.807, 2.05) is 0 Å². The van der Waals surface area contributed by atoms with E-state index in [0.717, 1.165) is 17.1 Å². The van der Waals surface area contributed by atoms with Crippen LogP contribution in [0.15, 0.2) is 47.5 Å². The van der Waals surface area contributed by atoms with Gasteiger partial charge in [0, 0.05) is 22.9 Å². The molecule has 0 amide bonds. The van der Waals surface area contributed by atoms with Crippen LogP contribution >= 0.6 is 0 Å². The predicted molar refractivity (Wildman–Crippen MR) is 126 cm³/mol. The van der Waals surface area contributed by atoms with Gasteiger partial charge in [-0.15, -0.1) is 5.10 Å². The number of ether oxygens (including phenoxy) is 2. The molecule has 0 saturated heterocycles. The topological polar surface area (TPSA) is 197 Å². The standard InChI is InChI=1S/C22H21FN8O5/c1-35-14-7-12(13(23)8-15(14)36-2)16(28-11-5-3-10(4-6-11)18(24)25)19-29-22(34)31(30-19)20-17(21(32)33)26-9-27-20/h3-9,16,28H,1-2H3,(H3,24,25)(H,26,27)(H,32,33)(H,29,30,34). The summed E-state index contributed by atoms with van der Waals surface area (Å²) in [6, 6.07) is 7.88. The van der Waals surface area contributed by atoms with Gasteiger partial charge in [0.05, 0.1) is 20.5 Å². The van der Waals surface area contributed by atoms with E-state index in [9.17, 15) is 14.7 Å². The number of hydrogen-bond acceptors (Lipinski definition) is 8. The number of carboxylic acid groups (broad SMARTS) is 1. The van der Waals surface area contributed by atoms with Crippen molar-refractivity contribution >= 4 is 17.5 Å². The number of aromatic amines is 2.